The number of benzene rings is 4. The summed E-state index contributed by atoms with van der Waals surface area (Å²) in [6.07, 6.45) is 1.47. The summed E-state index contributed by atoms with van der Waals surface area (Å²) in [4.78, 5) is 39.6. The van der Waals surface area contributed by atoms with E-state index in [1.807, 2.05) is 38.1 Å². The zero-order valence-electron chi connectivity index (χ0n) is 22.3. The van der Waals surface area contributed by atoms with E-state index in [9.17, 15) is 14.4 Å². The minimum atomic E-state index is -0.783. The molecule has 0 spiro atoms. The van der Waals surface area contributed by atoms with Crippen molar-refractivity contribution in [1.29, 1.82) is 0 Å². The maximum Gasteiger partial charge on any atom is 0.335 e. The molecule has 4 aromatic rings. The molecule has 0 atom stereocenters. The molecule has 1 heterocycles. The number of urea groups is 1. The van der Waals surface area contributed by atoms with Gasteiger partial charge in [0.2, 0.25) is 0 Å². The van der Waals surface area contributed by atoms with Gasteiger partial charge in [-0.2, -0.15) is 0 Å². The van der Waals surface area contributed by atoms with Gasteiger partial charge in [-0.3, -0.25) is 14.9 Å². The zero-order valence-corrected chi connectivity index (χ0v) is 24.4. The molecule has 4 amide bonds. The van der Waals surface area contributed by atoms with Crippen molar-refractivity contribution in [3.8, 4) is 11.5 Å². The third kappa shape index (κ3) is 5.44. The molecule has 8 heteroatoms. The van der Waals surface area contributed by atoms with E-state index in [2.05, 4.69) is 59.1 Å². The molecule has 0 radical (unpaired) electrons. The predicted molar refractivity (Wildman–Crippen MR) is 164 cm³/mol. The van der Waals surface area contributed by atoms with Crippen molar-refractivity contribution in [2.75, 3.05) is 11.5 Å². The Labute approximate surface area is 245 Å². The smallest absolute Gasteiger partial charge is 0.335 e. The Morgan fingerprint density at radius 3 is 2.50 bits per heavy atom. The Balaban J connectivity index is 1.48. The van der Waals surface area contributed by atoms with Crippen LogP contribution >= 0.6 is 22.6 Å². The molecule has 40 heavy (non-hydrogen) atoms. The molecule has 202 valence electrons. The van der Waals surface area contributed by atoms with Crippen molar-refractivity contribution in [2.45, 2.75) is 27.4 Å². The minimum Gasteiger partial charge on any atom is -0.490 e. The predicted octanol–water partition coefficient (Wildman–Crippen LogP) is 6.71. The quantitative estimate of drug-likeness (QED) is 0.137. The highest BCUT2D eigenvalue weighted by Crippen LogP contribution is 2.37. The Hall–Kier alpha value is -4.18. The van der Waals surface area contributed by atoms with E-state index < -0.39 is 17.8 Å². The van der Waals surface area contributed by atoms with Gasteiger partial charge in [-0.25, -0.2) is 9.69 Å². The molecule has 0 unspecified atom stereocenters. The van der Waals surface area contributed by atoms with Crippen LogP contribution in [0.3, 0.4) is 0 Å². The monoisotopic (exact) mass is 646 g/mol. The lowest BCUT2D eigenvalue weighted by Crippen LogP contribution is -2.54. The molecular weight excluding hydrogens is 619 g/mol. The van der Waals surface area contributed by atoms with Crippen LogP contribution in [0.15, 0.2) is 78.4 Å². The molecule has 1 aliphatic rings. The van der Waals surface area contributed by atoms with E-state index in [0.29, 0.717) is 36.0 Å². The number of hydrogen-bond donors (Lipinski definition) is 1. The molecular formula is C32H27IN2O5. The Morgan fingerprint density at radius 2 is 1.73 bits per heavy atom. The number of fused-ring (bicyclic) bond motifs is 1. The summed E-state index contributed by atoms with van der Waals surface area (Å²) in [5.74, 6) is -0.375. The number of hydrogen-bond acceptors (Lipinski definition) is 5. The zero-order chi connectivity index (χ0) is 28.4. The highest BCUT2D eigenvalue weighted by atomic mass is 127. The Morgan fingerprint density at radius 1 is 0.925 bits per heavy atom. The van der Waals surface area contributed by atoms with Crippen molar-refractivity contribution in [1.82, 2.24) is 5.32 Å². The van der Waals surface area contributed by atoms with Gasteiger partial charge in [0.1, 0.15) is 12.2 Å². The number of nitrogens with zero attached hydrogens (tertiary/aromatic N) is 1. The second-order valence-corrected chi connectivity index (χ2v) is 10.6. The van der Waals surface area contributed by atoms with Gasteiger partial charge in [-0.15, -0.1) is 0 Å². The Bertz CT molecular complexity index is 1690. The topological polar surface area (TPSA) is 84.9 Å². The molecule has 7 nitrogen and oxygen atoms in total. The van der Waals surface area contributed by atoms with Gasteiger partial charge in [0.15, 0.2) is 11.5 Å². The van der Waals surface area contributed by atoms with Crippen molar-refractivity contribution < 1.29 is 23.9 Å². The number of anilines is 1. The minimum absolute atomic E-state index is 0.153. The molecule has 1 aliphatic heterocycles. The fraction of sp³-hybridized carbons (Fsp3) is 0.156. The van der Waals surface area contributed by atoms with E-state index in [4.69, 9.17) is 9.47 Å². The number of nitrogens with one attached hydrogen (secondary N) is 1. The van der Waals surface area contributed by atoms with Crippen LogP contribution in [0.2, 0.25) is 0 Å². The molecule has 0 bridgehead atoms. The van der Waals surface area contributed by atoms with Crippen LogP contribution in [0, 0.1) is 17.4 Å². The first-order valence-electron chi connectivity index (χ1n) is 12.8. The lowest BCUT2D eigenvalue weighted by atomic mass is 10.0. The summed E-state index contributed by atoms with van der Waals surface area (Å²) in [6, 6.07) is 22.1. The number of imide groups is 2. The van der Waals surface area contributed by atoms with Gasteiger partial charge in [-0.05, 0) is 101 Å². The van der Waals surface area contributed by atoms with Crippen LogP contribution in [0.25, 0.3) is 16.8 Å². The molecule has 1 N–H and O–H groups in total. The normalized spacial score (nSPS) is 14.6. The van der Waals surface area contributed by atoms with E-state index in [-0.39, 0.29) is 5.57 Å². The lowest BCUT2D eigenvalue weighted by molar-refractivity contribution is -0.122. The first kappa shape index (κ1) is 27.4. The molecule has 1 fully saturated rings. The SMILES string of the molecule is CCOc1cc(/C=C2\C(=O)NC(=O)N(c3cccc(C)c3)C2=O)cc(I)c1OCc1c(C)ccc2ccccc12. The van der Waals surface area contributed by atoms with Crippen molar-refractivity contribution in [2.24, 2.45) is 0 Å². The van der Waals surface area contributed by atoms with E-state index in [1.54, 1.807) is 24.3 Å². The van der Waals surface area contributed by atoms with Gasteiger partial charge in [0, 0.05) is 5.56 Å². The number of aryl methyl sites for hydroxylation is 2. The van der Waals surface area contributed by atoms with Crippen LogP contribution in [-0.2, 0) is 16.2 Å². The fourth-order valence-electron chi connectivity index (χ4n) is 4.68. The number of ether oxygens (including phenoxy) is 2. The second kappa shape index (κ2) is 11.5. The summed E-state index contributed by atoms with van der Waals surface area (Å²) in [5.41, 5.74) is 3.90. The first-order valence-corrected chi connectivity index (χ1v) is 13.9. The fourth-order valence-corrected chi connectivity index (χ4v) is 5.46. The number of carbonyl (C=O) groups is 3. The van der Waals surface area contributed by atoms with Gasteiger partial charge >= 0.3 is 6.03 Å². The second-order valence-electron chi connectivity index (χ2n) is 9.43. The Kier molecular flexibility index (Phi) is 7.88. The number of rotatable bonds is 7. The summed E-state index contributed by atoms with van der Waals surface area (Å²) >= 11 is 2.16. The number of barbiturate groups is 1. The third-order valence-corrected chi connectivity index (χ3v) is 7.44. The van der Waals surface area contributed by atoms with E-state index in [1.165, 1.54) is 6.08 Å². The first-order chi connectivity index (χ1) is 19.3. The van der Waals surface area contributed by atoms with Crippen LogP contribution in [0.5, 0.6) is 11.5 Å². The van der Waals surface area contributed by atoms with Crippen molar-refractivity contribution in [3.63, 3.8) is 0 Å². The number of halogens is 1. The van der Waals surface area contributed by atoms with Crippen molar-refractivity contribution >= 4 is 63.0 Å². The molecule has 0 aliphatic carbocycles. The molecule has 4 aromatic carbocycles. The average Bonchev–Trinajstić information content (AvgIpc) is 2.91. The van der Waals surface area contributed by atoms with Gasteiger partial charge < -0.3 is 9.47 Å². The van der Waals surface area contributed by atoms with Crippen LogP contribution in [0.4, 0.5) is 10.5 Å². The highest BCUT2D eigenvalue weighted by Gasteiger charge is 2.37. The summed E-state index contributed by atoms with van der Waals surface area (Å²) in [7, 11) is 0. The highest BCUT2D eigenvalue weighted by molar-refractivity contribution is 14.1. The van der Waals surface area contributed by atoms with E-state index in [0.717, 1.165) is 35.9 Å². The lowest BCUT2D eigenvalue weighted by Gasteiger charge is -2.26. The largest absolute Gasteiger partial charge is 0.490 e. The molecule has 1 saturated heterocycles. The van der Waals surface area contributed by atoms with E-state index >= 15 is 0 Å². The van der Waals surface area contributed by atoms with Gasteiger partial charge in [0.05, 0.1) is 15.9 Å². The van der Waals surface area contributed by atoms with Crippen LogP contribution in [-0.4, -0.2) is 24.5 Å². The third-order valence-electron chi connectivity index (χ3n) is 6.64. The standard InChI is InChI=1S/C32H27IN2O5/c1-4-39-28-17-21(15-25-30(36)34-32(38)35(31(25)37)23-10-7-8-19(2)14-23)16-27(33)29(28)40-18-26-20(3)12-13-22-9-5-6-11-24(22)26/h5-17H,4,18H2,1-3H3,(H,34,36,38)/b25-15+. The molecule has 5 rings (SSSR count). The molecule has 0 saturated carbocycles. The van der Waals surface area contributed by atoms with Gasteiger partial charge in [0.25, 0.3) is 11.8 Å². The number of amides is 4. The molecule has 0 aromatic heterocycles. The van der Waals surface area contributed by atoms with Crippen molar-refractivity contribution in [3.05, 3.63) is 104 Å². The summed E-state index contributed by atoms with van der Waals surface area (Å²) in [5, 5.41) is 4.54. The van der Waals surface area contributed by atoms with Gasteiger partial charge in [-0.1, -0.05) is 48.5 Å². The number of carbonyl (C=O) groups excluding carboxylic acids is 3. The maximum absolute atomic E-state index is 13.3. The summed E-state index contributed by atoms with van der Waals surface area (Å²) < 4.78 is 13.0. The van der Waals surface area contributed by atoms with Crippen LogP contribution in [0.1, 0.15) is 29.2 Å². The summed E-state index contributed by atoms with van der Waals surface area (Å²) in [6.45, 7) is 6.54. The average molecular weight is 646 g/mol. The maximum atomic E-state index is 13.3. The van der Waals surface area contributed by atoms with Crippen LogP contribution < -0.4 is 19.7 Å².